The molecule has 98 valence electrons. The van der Waals surface area contributed by atoms with Gasteiger partial charge in [0, 0.05) is 6.54 Å². The van der Waals surface area contributed by atoms with Gasteiger partial charge in [-0.15, -0.1) is 0 Å². The van der Waals surface area contributed by atoms with E-state index in [4.69, 9.17) is 5.26 Å². The molecule has 1 rings (SSSR count). The largest absolute Gasteiger partial charge is 0.215 e. The van der Waals surface area contributed by atoms with Gasteiger partial charge in [-0.3, -0.25) is 0 Å². The van der Waals surface area contributed by atoms with Gasteiger partial charge in [0.25, 0.3) is 0 Å². The first kappa shape index (κ1) is 14.5. The average Bonchev–Trinajstić information content (AvgIpc) is 2.26. The van der Waals surface area contributed by atoms with Crippen LogP contribution in [0.1, 0.15) is 46.5 Å². The molecule has 1 aliphatic rings. The molecule has 0 radical (unpaired) electrons. The molecule has 1 aliphatic heterocycles. The molecule has 4 nitrogen and oxygen atoms in total. The number of piperidine rings is 1. The lowest BCUT2D eigenvalue weighted by molar-refractivity contribution is 0.293. The topological polar surface area (TPSA) is 61.2 Å². The van der Waals surface area contributed by atoms with Gasteiger partial charge in [-0.2, -0.15) is 9.57 Å². The van der Waals surface area contributed by atoms with Crippen molar-refractivity contribution >= 4 is 10.0 Å². The molecule has 1 heterocycles. The SMILES string of the molecule is CC(C)(C)CCS(=O)(=O)N1CCCCC1C#N. The lowest BCUT2D eigenvalue weighted by Crippen LogP contribution is -2.44. The number of nitrogens with zero attached hydrogens (tertiary/aromatic N) is 2. The first-order chi connectivity index (χ1) is 7.76. The molecule has 5 heteroatoms. The Hall–Kier alpha value is -0.600. The van der Waals surface area contributed by atoms with Crippen LogP contribution < -0.4 is 0 Å². The molecule has 0 N–H and O–H groups in total. The standard InChI is InChI=1S/C12H22N2O2S/c1-12(2,3)7-9-17(15,16)14-8-5-4-6-11(14)10-13/h11H,4-9H2,1-3H3. The van der Waals surface area contributed by atoms with Gasteiger partial charge in [0.1, 0.15) is 6.04 Å². The van der Waals surface area contributed by atoms with E-state index in [9.17, 15) is 8.42 Å². The Morgan fingerprint density at radius 1 is 1.35 bits per heavy atom. The van der Waals surface area contributed by atoms with E-state index in [1.54, 1.807) is 0 Å². The Balaban J connectivity index is 2.72. The van der Waals surface area contributed by atoms with Crippen molar-refractivity contribution in [3.8, 4) is 6.07 Å². The third-order valence-corrected chi connectivity index (χ3v) is 4.94. The van der Waals surface area contributed by atoms with Gasteiger partial charge < -0.3 is 0 Å². The molecule has 0 aromatic rings. The van der Waals surface area contributed by atoms with Crippen molar-refractivity contribution in [1.29, 1.82) is 5.26 Å². The smallest absolute Gasteiger partial charge is 0.212 e. The molecule has 0 amide bonds. The van der Waals surface area contributed by atoms with E-state index in [0.29, 0.717) is 19.4 Å². The van der Waals surface area contributed by atoms with Gasteiger partial charge in [0.2, 0.25) is 10.0 Å². The van der Waals surface area contributed by atoms with Crippen LogP contribution in [0.2, 0.25) is 0 Å². The van der Waals surface area contributed by atoms with Crippen LogP contribution in [0, 0.1) is 16.7 Å². The summed E-state index contributed by atoms with van der Waals surface area (Å²) in [4.78, 5) is 0. The molecule has 1 unspecified atom stereocenters. The van der Waals surface area contributed by atoms with Gasteiger partial charge >= 0.3 is 0 Å². The first-order valence-electron chi connectivity index (χ1n) is 6.15. The highest BCUT2D eigenvalue weighted by Gasteiger charge is 2.32. The third-order valence-electron chi connectivity index (χ3n) is 3.07. The molecule has 0 spiro atoms. The number of sulfonamides is 1. The molecular weight excluding hydrogens is 236 g/mol. The summed E-state index contributed by atoms with van der Waals surface area (Å²) >= 11 is 0. The average molecular weight is 258 g/mol. The van der Waals surface area contributed by atoms with Crippen LogP contribution in [0.3, 0.4) is 0 Å². The predicted octanol–water partition coefficient (Wildman–Crippen LogP) is 2.13. The summed E-state index contributed by atoms with van der Waals surface area (Å²) < 4.78 is 25.8. The highest BCUT2D eigenvalue weighted by molar-refractivity contribution is 7.89. The predicted molar refractivity (Wildman–Crippen MR) is 67.8 cm³/mol. The van der Waals surface area contributed by atoms with Crippen LogP contribution in [0.25, 0.3) is 0 Å². The van der Waals surface area contributed by atoms with E-state index in [1.807, 2.05) is 20.8 Å². The Bertz CT molecular complexity index is 390. The summed E-state index contributed by atoms with van der Waals surface area (Å²) in [5, 5.41) is 9.00. The first-order valence-corrected chi connectivity index (χ1v) is 7.76. The number of nitriles is 1. The summed E-state index contributed by atoms with van der Waals surface area (Å²) in [6.45, 7) is 6.59. The highest BCUT2D eigenvalue weighted by Crippen LogP contribution is 2.24. The quantitative estimate of drug-likeness (QED) is 0.779. The Morgan fingerprint density at radius 2 is 2.00 bits per heavy atom. The van der Waals surface area contributed by atoms with Crippen molar-refractivity contribution in [3.63, 3.8) is 0 Å². The van der Waals surface area contributed by atoms with Crippen LogP contribution in [0.15, 0.2) is 0 Å². The monoisotopic (exact) mass is 258 g/mol. The molecule has 1 atom stereocenters. The van der Waals surface area contributed by atoms with Gasteiger partial charge in [0.05, 0.1) is 11.8 Å². The molecule has 0 aromatic heterocycles. The normalized spacial score (nSPS) is 23.3. The zero-order valence-corrected chi connectivity index (χ0v) is 11.8. The minimum Gasteiger partial charge on any atom is -0.212 e. The maximum Gasteiger partial charge on any atom is 0.215 e. The fraction of sp³-hybridized carbons (Fsp3) is 0.917. The van der Waals surface area contributed by atoms with Crippen molar-refractivity contribution < 1.29 is 8.42 Å². The molecule has 1 saturated heterocycles. The number of rotatable bonds is 3. The molecule has 0 aromatic carbocycles. The third kappa shape index (κ3) is 4.29. The fourth-order valence-electron chi connectivity index (χ4n) is 1.92. The molecule has 0 bridgehead atoms. The van der Waals surface area contributed by atoms with Crippen molar-refractivity contribution in [1.82, 2.24) is 4.31 Å². The second-order valence-electron chi connectivity index (χ2n) is 5.88. The highest BCUT2D eigenvalue weighted by atomic mass is 32.2. The Labute approximate surface area is 105 Å². The molecule has 0 aliphatic carbocycles. The van der Waals surface area contributed by atoms with E-state index >= 15 is 0 Å². The number of hydrogen-bond donors (Lipinski definition) is 0. The van der Waals surface area contributed by atoms with Crippen LogP contribution >= 0.6 is 0 Å². The zero-order valence-electron chi connectivity index (χ0n) is 10.9. The van der Waals surface area contributed by atoms with Crippen LogP contribution in [0.5, 0.6) is 0 Å². The van der Waals surface area contributed by atoms with E-state index in [0.717, 1.165) is 12.8 Å². The lowest BCUT2D eigenvalue weighted by Gasteiger charge is -2.31. The van der Waals surface area contributed by atoms with E-state index in [1.165, 1.54) is 4.31 Å². The Morgan fingerprint density at radius 3 is 2.53 bits per heavy atom. The van der Waals surface area contributed by atoms with Crippen LogP contribution in [-0.4, -0.2) is 31.1 Å². The molecule has 1 fully saturated rings. The van der Waals surface area contributed by atoms with Crippen molar-refractivity contribution in [2.24, 2.45) is 5.41 Å². The van der Waals surface area contributed by atoms with Crippen molar-refractivity contribution in [2.75, 3.05) is 12.3 Å². The van der Waals surface area contributed by atoms with Gasteiger partial charge in [-0.25, -0.2) is 8.42 Å². The van der Waals surface area contributed by atoms with Crippen LogP contribution in [0.4, 0.5) is 0 Å². The summed E-state index contributed by atoms with van der Waals surface area (Å²) in [6, 6.07) is 1.65. The number of hydrogen-bond acceptors (Lipinski definition) is 3. The fourth-order valence-corrected chi connectivity index (χ4v) is 3.97. The molecule has 0 saturated carbocycles. The second-order valence-corrected chi connectivity index (χ2v) is 7.92. The van der Waals surface area contributed by atoms with E-state index in [2.05, 4.69) is 6.07 Å². The molecule has 17 heavy (non-hydrogen) atoms. The minimum atomic E-state index is -3.27. The van der Waals surface area contributed by atoms with Gasteiger partial charge in [-0.1, -0.05) is 20.8 Å². The van der Waals surface area contributed by atoms with E-state index < -0.39 is 16.1 Å². The maximum absolute atomic E-state index is 12.2. The summed E-state index contributed by atoms with van der Waals surface area (Å²) in [5.41, 5.74) is 0.00496. The maximum atomic E-state index is 12.2. The van der Waals surface area contributed by atoms with Crippen molar-refractivity contribution in [2.45, 2.75) is 52.5 Å². The lowest BCUT2D eigenvalue weighted by atomic mass is 9.94. The molecular formula is C12H22N2O2S. The van der Waals surface area contributed by atoms with E-state index in [-0.39, 0.29) is 11.2 Å². The van der Waals surface area contributed by atoms with Crippen LogP contribution in [-0.2, 0) is 10.0 Å². The van der Waals surface area contributed by atoms with Crippen molar-refractivity contribution in [3.05, 3.63) is 0 Å². The zero-order chi connectivity index (χ0) is 13.1. The Kier molecular flexibility index (Phi) is 4.56. The summed E-state index contributed by atoms with van der Waals surface area (Å²) in [7, 11) is -3.27. The minimum absolute atomic E-state index is 0.00496. The van der Waals surface area contributed by atoms with Gasteiger partial charge in [0.15, 0.2) is 0 Å². The second kappa shape index (κ2) is 5.36. The summed E-state index contributed by atoms with van der Waals surface area (Å²) in [5.74, 6) is 0.147. The van der Waals surface area contributed by atoms with Gasteiger partial charge in [-0.05, 0) is 31.1 Å². The summed E-state index contributed by atoms with van der Waals surface area (Å²) in [6.07, 6.45) is 3.12.